The summed E-state index contributed by atoms with van der Waals surface area (Å²) < 4.78 is 13.1. The van der Waals surface area contributed by atoms with Crippen LogP contribution < -0.4 is 0 Å². The van der Waals surface area contributed by atoms with Gasteiger partial charge in [-0.2, -0.15) is 5.26 Å². The van der Waals surface area contributed by atoms with Gasteiger partial charge in [0.25, 0.3) is 0 Å². The first-order valence-corrected chi connectivity index (χ1v) is 6.71. The smallest absolute Gasteiger partial charge is 0.124 e. The highest BCUT2D eigenvalue weighted by molar-refractivity contribution is 5.37. The van der Waals surface area contributed by atoms with Gasteiger partial charge in [-0.3, -0.25) is 4.90 Å². The molecule has 1 fully saturated rings. The van der Waals surface area contributed by atoms with Crippen molar-refractivity contribution in [2.75, 3.05) is 6.54 Å². The van der Waals surface area contributed by atoms with Crippen LogP contribution in [0, 0.1) is 17.1 Å². The van der Waals surface area contributed by atoms with Crippen LogP contribution in [0.3, 0.4) is 0 Å². The van der Waals surface area contributed by atoms with Gasteiger partial charge in [0.1, 0.15) is 5.82 Å². The summed E-state index contributed by atoms with van der Waals surface area (Å²) in [5, 5.41) is 18.6. The molecule has 1 N–H and O–H groups in total. The Kier molecular flexibility index (Phi) is 4.52. The lowest BCUT2D eigenvalue weighted by molar-refractivity contribution is 0.130. The minimum absolute atomic E-state index is 0.311. The van der Waals surface area contributed by atoms with Crippen molar-refractivity contribution in [1.29, 1.82) is 5.26 Å². The number of nitriles is 1. The van der Waals surface area contributed by atoms with E-state index in [-0.39, 0.29) is 11.9 Å². The van der Waals surface area contributed by atoms with E-state index in [1.54, 1.807) is 13.0 Å². The maximum atomic E-state index is 13.1. The number of likely N-dealkylation sites (tertiary alicyclic amines) is 1. The molecule has 0 saturated carbocycles. The van der Waals surface area contributed by atoms with Crippen LogP contribution in [0.5, 0.6) is 0 Å². The summed E-state index contributed by atoms with van der Waals surface area (Å²) in [7, 11) is 0. The number of aliphatic hydroxyl groups excluding tert-OH is 1. The average molecular weight is 262 g/mol. The molecular formula is C15H19FN2O. The average Bonchev–Trinajstić information content (AvgIpc) is 2.78. The van der Waals surface area contributed by atoms with Crippen LogP contribution in [0.2, 0.25) is 0 Å². The van der Waals surface area contributed by atoms with Crippen molar-refractivity contribution in [3.05, 3.63) is 35.1 Å². The number of hydrogen-bond donors (Lipinski definition) is 1. The van der Waals surface area contributed by atoms with E-state index in [0.717, 1.165) is 31.4 Å². The van der Waals surface area contributed by atoms with Crippen molar-refractivity contribution in [3.8, 4) is 6.07 Å². The molecule has 2 atom stereocenters. The predicted molar refractivity (Wildman–Crippen MR) is 70.8 cm³/mol. The summed E-state index contributed by atoms with van der Waals surface area (Å²) >= 11 is 0. The van der Waals surface area contributed by atoms with E-state index in [2.05, 4.69) is 4.90 Å². The van der Waals surface area contributed by atoms with Crippen molar-refractivity contribution in [1.82, 2.24) is 4.90 Å². The summed E-state index contributed by atoms with van der Waals surface area (Å²) in [5.41, 5.74) is 1.27. The second-order valence-electron chi connectivity index (χ2n) is 5.26. The Bertz CT molecular complexity index is 482. The van der Waals surface area contributed by atoms with E-state index < -0.39 is 0 Å². The molecule has 2 unspecified atom stereocenters. The van der Waals surface area contributed by atoms with Crippen molar-refractivity contribution < 1.29 is 9.50 Å². The molecule has 1 aliphatic heterocycles. The predicted octanol–water partition coefficient (Wildman–Crippen LogP) is 2.43. The summed E-state index contributed by atoms with van der Waals surface area (Å²) in [6, 6.07) is 6.78. The number of halogens is 1. The molecule has 0 amide bonds. The van der Waals surface area contributed by atoms with Crippen LogP contribution in [0.15, 0.2) is 18.2 Å². The lowest BCUT2D eigenvalue weighted by Gasteiger charge is -2.25. The molecule has 0 aromatic heterocycles. The molecule has 1 saturated heterocycles. The Labute approximate surface area is 113 Å². The molecule has 102 valence electrons. The Morgan fingerprint density at radius 1 is 1.58 bits per heavy atom. The third-order valence-electron chi connectivity index (χ3n) is 3.68. The van der Waals surface area contributed by atoms with E-state index in [4.69, 9.17) is 5.26 Å². The number of aliphatic hydroxyl groups is 1. The zero-order chi connectivity index (χ0) is 13.8. The van der Waals surface area contributed by atoms with Crippen molar-refractivity contribution in [3.63, 3.8) is 0 Å². The van der Waals surface area contributed by atoms with Gasteiger partial charge < -0.3 is 5.11 Å². The molecule has 1 aliphatic rings. The summed E-state index contributed by atoms with van der Waals surface area (Å²) in [6.07, 6.45) is 2.63. The Morgan fingerprint density at radius 2 is 2.37 bits per heavy atom. The Morgan fingerprint density at radius 3 is 3.05 bits per heavy atom. The third kappa shape index (κ3) is 3.52. The normalized spacial score (nSPS) is 21.3. The van der Waals surface area contributed by atoms with Crippen LogP contribution in [0.1, 0.15) is 37.3 Å². The Hall–Kier alpha value is -1.44. The quantitative estimate of drug-likeness (QED) is 0.906. The molecule has 1 heterocycles. The molecule has 3 nitrogen and oxygen atoms in total. The number of hydrogen-bond acceptors (Lipinski definition) is 3. The minimum Gasteiger partial charge on any atom is -0.393 e. The highest BCUT2D eigenvalue weighted by atomic mass is 19.1. The van der Waals surface area contributed by atoms with E-state index in [1.807, 2.05) is 6.07 Å². The SMILES string of the molecule is CC(O)CC1CCCN1Cc1ccc(F)cc1C#N. The maximum absolute atomic E-state index is 13.1. The zero-order valence-corrected chi connectivity index (χ0v) is 11.1. The molecule has 0 bridgehead atoms. The van der Waals surface area contributed by atoms with E-state index in [1.165, 1.54) is 12.1 Å². The molecule has 2 rings (SSSR count). The number of nitrogens with zero attached hydrogens (tertiary/aromatic N) is 2. The molecular weight excluding hydrogens is 243 g/mol. The molecule has 1 aromatic carbocycles. The molecule has 0 spiro atoms. The highest BCUT2D eigenvalue weighted by Gasteiger charge is 2.26. The topological polar surface area (TPSA) is 47.3 Å². The fourth-order valence-corrected chi connectivity index (χ4v) is 2.77. The van der Waals surface area contributed by atoms with Gasteiger partial charge in [0, 0.05) is 12.6 Å². The lowest BCUT2D eigenvalue weighted by Crippen LogP contribution is -2.31. The van der Waals surface area contributed by atoms with Crippen LogP contribution in [0.4, 0.5) is 4.39 Å². The largest absolute Gasteiger partial charge is 0.393 e. The second-order valence-corrected chi connectivity index (χ2v) is 5.26. The maximum Gasteiger partial charge on any atom is 0.124 e. The molecule has 4 heteroatoms. The summed E-state index contributed by atoms with van der Waals surface area (Å²) in [4.78, 5) is 2.28. The minimum atomic E-state index is -0.373. The van der Waals surface area contributed by atoms with E-state index >= 15 is 0 Å². The van der Waals surface area contributed by atoms with Gasteiger partial charge in [-0.25, -0.2) is 4.39 Å². The molecule has 19 heavy (non-hydrogen) atoms. The van der Waals surface area contributed by atoms with Gasteiger partial charge in [-0.05, 0) is 50.4 Å². The fraction of sp³-hybridized carbons (Fsp3) is 0.533. The first-order chi connectivity index (χ1) is 9.10. The molecule has 1 aromatic rings. The van der Waals surface area contributed by atoms with Gasteiger partial charge >= 0.3 is 0 Å². The van der Waals surface area contributed by atoms with Crippen molar-refractivity contribution in [2.45, 2.75) is 44.9 Å². The van der Waals surface area contributed by atoms with Gasteiger partial charge in [0.15, 0.2) is 0 Å². The van der Waals surface area contributed by atoms with Crippen LogP contribution in [0.25, 0.3) is 0 Å². The standard InChI is InChI=1S/C15H19FN2O/c1-11(19)7-15-3-2-6-18(15)10-12-4-5-14(16)8-13(12)9-17/h4-5,8,11,15,19H,2-3,6-7,10H2,1H3. The monoisotopic (exact) mass is 262 g/mol. The first-order valence-electron chi connectivity index (χ1n) is 6.71. The zero-order valence-electron chi connectivity index (χ0n) is 11.1. The highest BCUT2D eigenvalue weighted by Crippen LogP contribution is 2.24. The van der Waals surface area contributed by atoms with Crippen molar-refractivity contribution in [2.24, 2.45) is 0 Å². The van der Waals surface area contributed by atoms with Gasteiger partial charge in [-0.1, -0.05) is 6.07 Å². The van der Waals surface area contributed by atoms with Crippen LogP contribution in [-0.2, 0) is 6.54 Å². The van der Waals surface area contributed by atoms with Gasteiger partial charge in [0.05, 0.1) is 17.7 Å². The summed E-state index contributed by atoms with van der Waals surface area (Å²) in [5.74, 6) is -0.373. The Balaban J connectivity index is 2.10. The van der Waals surface area contributed by atoms with Crippen molar-refractivity contribution >= 4 is 0 Å². The fourth-order valence-electron chi connectivity index (χ4n) is 2.77. The second kappa shape index (κ2) is 6.14. The van der Waals surface area contributed by atoms with E-state index in [9.17, 15) is 9.50 Å². The molecule has 0 radical (unpaired) electrons. The molecule has 0 aliphatic carbocycles. The number of rotatable bonds is 4. The summed E-state index contributed by atoms with van der Waals surface area (Å²) in [6.45, 7) is 3.43. The van der Waals surface area contributed by atoms with Gasteiger partial charge in [-0.15, -0.1) is 0 Å². The van der Waals surface area contributed by atoms with E-state index in [0.29, 0.717) is 18.2 Å². The third-order valence-corrected chi connectivity index (χ3v) is 3.68. The van der Waals surface area contributed by atoms with Crippen LogP contribution in [-0.4, -0.2) is 28.7 Å². The first kappa shape index (κ1) is 14.0. The van der Waals surface area contributed by atoms with Crippen LogP contribution >= 0.6 is 0 Å². The number of benzene rings is 1. The van der Waals surface area contributed by atoms with Gasteiger partial charge in [0.2, 0.25) is 0 Å². The lowest BCUT2D eigenvalue weighted by atomic mass is 10.1.